The molecule has 0 radical (unpaired) electrons. The molecule has 0 spiro atoms. The number of nitrogens with zero attached hydrogens (tertiary/aromatic N) is 1. The molecule has 2 aromatic rings. The van der Waals surface area contributed by atoms with E-state index < -0.39 is 23.2 Å². The van der Waals surface area contributed by atoms with Crippen LogP contribution in [0.1, 0.15) is 52.0 Å². The number of hydrogen-bond acceptors (Lipinski definition) is 4. The monoisotopic (exact) mass is 409 g/mol. The second-order valence-corrected chi connectivity index (χ2v) is 8.80. The van der Waals surface area contributed by atoms with Crippen molar-refractivity contribution < 1.29 is 19.2 Å². The number of amides is 2. The van der Waals surface area contributed by atoms with Crippen LogP contribution in [-0.4, -0.2) is 22.8 Å². The van der Waals surface area contributed by atoms with Crippen molar-refractivity contribution in [3.05, 3.63) is 70.2 Å². The minimum atomic E-state index is -0.716. The molecule has 3 aliphatic rings. The zero-order chi connectivity index (χ0) is 20.2. The van der Waals surface area contributed by atoms with Gasteiger partial charge < -0.3 is 4.84 Å². The molecule has 2 aromatic carbocycles. The molecule has 0 saturated heterocycles. The van der Waals surface area contributed by atoms with Crippen molar-refractivity contribution in [1.29, 1.82) is 0 Å². The number of carbonyl (C=O) groups is 3. The van der Waals surface area contributed by atoms with Crippen LogP contribution in [-0.2, 0) is 16.1 Å². The van der Waals surface area contributed by atoms with Crippen molar-refractivity contribution in [2.24, 2.45) is 17.3 Å². The Morgan fingerprint density at radius 2 is 1.69 bits per heavy atom. The van der Waals surface area contributed by atoms with E-state index in [0.717, 1.165) is 31.2 Å². The van der Waals surface area contributed by atoms with E-state index in [4.69, 9.17) is 16.4 Å². The van der Waals surface area contributed by atoms with E-state index in [1.807, 2.05) is 24.3 Å². The maximum absolute atomic E-state index is 13.4. The first-order valence-electron chi connectivity index (χ1n) is 9.92. The maximum atomic E-state index is 13.4. The van der Waals surface area contributed by atoms with Crippen molar-refractivity contribution in [1.82, 2.24) is 5.06 Å². The zero-order valence-corrected chi connectivity index (χ0v) is 16.5. The molecule has 2 fully saturated rings. The predicted molar refractivity (Wildman–Crippen MR) is 106 cm³/mol. The number of benzene rings is 2. The summed E-state index contributed by atoms with van der Waals surface area (Å²) in [5.41, 5.74) is 0.822. The van der Waals surface area contributed by atoms with Crippen molar-refractivity contribution >= 4 is 29.4 Å². The van der Waals surface area contributed by atoms with Gasteiger partial charge in [-0.05, 0) is 67.3 Å². The third kappa shape index (κ3) is 2.87. The molecule has 1 heterocycles. The lowest BCUT2D eigenvalue weighted by molar-refractivity contribution is -0.185. The Balaban J connectivity index is 1.43. The van der Waals surface area contributed by atoms with E-state index in [1.54, 1.807) is 24.3 Å². The minimum absolute atomic E-state index is 0.200. The number of fused-ring (bicyclic) bond motifs is 3. The van der Waals surface area contributed by atoms with Gasteiger partial charge >= 0.3 is 5.97 Å². The van der Waals surface area contributed by atoms with Gasteiger partial charge in [-0.3, -0.25) is 9.59 Å². The van der Waals surface area contributed by atoms with Crippen LogP contribution in [0.3, 0.4) is 0 Å². The summed E-state index contributed by atoms with van der Waals surface area (Å²) < 4.78 is 0. The lowest BCUT2D eigenvalue weighted by Gasteiger charge is -2.36. The molecule has 1 aliphatic heterocycles. The molecule has 0 aromatic heterocycles. The average Bonchev–Trinajstić information content (AvgIpc) is 3.40. The fourth-order valence-electron chi connectivity index (χ4n) is 5.37. The van der Waals surface area contributed by atoms with Gasteiger partial charge in [0.25, 0.3) is 11.8 Å². The van der Waals surface area contributed by atoms with Gasteiger partial charge in [-0.2, -0.15) is 0 Å². The van der Waals surface area contributed by atoms with Gasteiger partial charge in [0.2, 0.25) is 0 Å². The number of carbonyl (C=O) groups excluding carboxylic acids is 3. The lowest BCUT2D eigenvalue weighted by Crippen LogP contribution is -2.44. The molecular weight excluding hydrogens is 390 g/mol. The van der Waals surface area contributed by atoms with E-state index in [-0.39, 0.29) is 17.0 Å². The molecule has 2 aliphatic carbocycles. The molecule has 148 valence electrons. The van der Waals surface area contributed by atoms with Gasteiger partial charge in [0, 0.05) is 5.02 Å². The Morgan fingerprint density at radius 3 is 2.24 bits per heavy atom. The summed E-state index contributed by atoms with van der Waals surface area (Å²) in [5.74, 6) is -0.949. The van der Waals surface area contributed by atoms with Crippen molar-refractivity contribution in [2.75, 3.05) is 0 Å². The van der Waals surface area contributed by atoms with Gasteiger partial charge in [0.15, 0.2) is 0 Å². The number of halogens is 1. The average molecular weight is 410 g/mol. The van der Waals surface area contributed by atoms with Crippen LogP contribution in [0.2, 0.25) is 5.02 Å². The highest BCUT2D eigenvalue weighted by molar-refractivity contribution is 6.30. The van der Waals surface area contributed by atoms with Crippen LogP contribution in [0.5, 0.6) is 0 Å². The highest BCUT2D eigenvalue weighted by atomic mass is 35.5. The molecular formula is C23H20ClNO4. The fourth-order valence-corrected chi connectivity index (χ4v) is 5.50. The van der Waals surface area contributed by atoms with Crippen LogP contribution in [0.15, 0.2) is 48.5 Å². The van der Waals surface area contributed by atoms with Crippen molar-refractivity contribution in [2.45, 2.75) is 32.1 Å². The van der Waals surface area contributed by atoms with E-state index in [1.165, 1.54) is 0 Å². The van der Waals surface area contributed by atoms with Gasteiger partial charge in [-0.25, -0.2) is 4.79 Å². The number of hydrogen-bond donors (Lipinski definition) is 0. The van der Waals surface area contributed by atoms with Crippen LogP contribution >= 0.6 is 11.6 Å². The Morgan fingerprint density at radius 1 is 1.03 bits per heavy atom. The van der Waals surface area contributed by atoms with Gasteiger partial charge in [-0.15, -0.1) is 0 Å². The van der Waals surface area contributed by atoms with Crippen LogP contribution in [0, 0.1) is 17.3 Å². The molecule has 3 atom stereocenters. The molecule has 2 amide bonds. The number of imide groups is 1. The number of rotatable bonds is 4. The fraction of sp³-hybridized carbons (Fsp3) is 0.348. The van der Waals surface area contributed by atoms with E-state index in [0.29, 0.717) is 22.4 Å². The second-order valence-electron chi connectivity index (χ2n) is 8.37. The minimum Gasteiger partial charge on any atom is -0.329 e. The van der Waals surface area contributed by atoms with Gasteiger partial charge in [0.1, 0.15) is 0 Å². The first kappa shape index (κ1) is 18.4. The maximum Gasteiger partial charge on any atom is 0.339 e. The molecule has 2 bridgehead atoms. The molecule has 2 saturated carbocycles. The summed E-state index contributed by atoms with van der Waals surface area (Å²) in [6, 6.07) is 14.0. The summed E-state index contributed by atoms with van der Waals surface area (Å²) in [5, 5.41) is 1.28. The van der Waals surface area contributed by atoms with E-state index in [2.05, 4.69) is 0 Å². The van der Waals surface area contributed by atoms with Crippen LogP contribution < -0.4 is 0 Å². The molecule has 5 nitrogen and oxygen atoms in total. The first-order chi connectivity index (χ1) is 14.0. The van der Waals surface area contributed by atoms with Crippen molar-refractivity contribution in [3.8, 4) is 0 Å². The smallest absolute Gasteiger partial charge is 0.329 e. The van der Waals surface area contributed by atoms with Gasteiger partial charge in [-0.1, -0.05) is 47.4 Å². The second kappa shape index (κ2) is 6.70. The first-order valence-corrected chi connectivity index (χ1v) is 10.3. The van der Waals surface area contributed by atoms with Crippen molar-refractivity contribution in [3.63, 3.8) is 0 Å². The Kier molecular flexibility index (Phi) is 4.24. The highest BCUT2D eigenvalue weighted by Gasteiger charge is 2.57. The Labute approximate surface area is 173 Å². The topological polar surface area (TPSA) is 63.7 Å². The zero-order valence-electron chi connectivity index (χ0n) is 15.8. The third-order valence-electron chi connectivity index (χ3n) is 6.75. The molecule has 6 heteroatoms. The van der Waals surface area contributed by atoms with E-state index in [9.17, 15) is 14.4 Å². The van der Waals surface area contributed by atoms with E-state index >= 15 is 0 Å². The molecule has 0 N–H and O–H groups in total. The summed E-state index contributed by atoms with van der Waals surface area (Å²) >= 11 is 6.00. The summed E-state index contributed by atoms with van der Waals surface area (Å²) in [4.78, 5) is 44.2. The van der Waals surface area contributed by atoms with Gasteiger partial charge in [0.05, 0.1) is 16.5 Å². The lowest BCUT2D eigenvalue weighted by atomic mass is 9.69. The number of hydroxylamine groups is 2. The molecule has 3 unspecified atom stereocenters. The normalized spacial score (nSPS) is 27.4. The Bertz CT molecular complexity index is 983. The summed E-state index contributed by atoms with van der Waals surface area (Å²) in [7, 11) is 0. The molecule has 29 heavy (non-hydrogen) atoms. The third-order valence-corrected chi connectivity index (χ3v) is 7.00. The summed E-state index contributed by atoms with van der Waals surface area (Å²) in [6.07, 6.45) is 4.32. The largest absolute Gasteiger partial charge is 0.339 e. The van der Waals surface area contributed by atoms with Crippen LogP contribution in [0.25, 0.3) is 0 Å². The highest BCUT2D eigenvalue weighted by Crippen LogP contribution is 2.58. The summed E-state index contributed by atoms with van der Waals surface area (Å²) in [6.45, 7) is 0. The van der Waals surface area contributed by atoms with Crippen LogP contribution in [0.4, 0.5) is 0 Å². The SMILES string of the molecule is O=C1c2ccccc2C(=O)N1OC(=O)C1(Cc2ccc(Cl)cc2)CC2CCC1C2. The Hall–Kier alpha value is -2.66. The quantitative estimate of drug-likeness (QED) is 0.700. The molecule has 5 rings (SSSR count). The standard InChI is InChI=1S/C23H20ClNO4/c24-17-9-6-14(7-10-17)12-23(13-15-5-8-16(23)11-15)22(28)29-25-20(26)18-3-1-2-4-19(18)21(25)27/h1-4,6-7,9-10,15-16H,5,8,11-13H2. The predicted octanol–water partition coefficient (Wildman–Crippen LogP) is 4.44.